The van der Waals surface area contributed by atoms with Crippen molar-refractivity contribution in [3.05, 3.63) is 86.6 Å². The highest BCUT2D eigenvalue weighted by molar-refractivity contribution is 7.15. The normalized spacial score (nSPS) is 11.6. The summed E-state index contributed by atoms with van der Waals surface area (Å²) in [6, 6.07) is 17.7. The Labute approximate surface area is 191 Å². The van der Waals surface area contributed by atoms with E-state index in [2.05, 4.69) is 36.6 Å². The first-order chi connectivity index (χ1) is 15.3. The number of pyridine rings is 1. The molecule has 4 aromatic rings. The highest BCUT2D eigenvalue weighted by atomic mass is 32.1. The van der Waals surface area contributed by atoms with Gasteiger partial charge in [-0.05, 0) is 23.6 Å². The number of fused-ring (bicyclic) bond motifs is 1. The number of hydrazine groups is 1. The van der Waals surface area contributed by atoms with E-state index < -0.39 is 0 Å². The molecule has 32 heavy (non-hydrogen) atoms. The van der Waals surface area contributed by atoms with Crippen molar-refractivity contribution < 1.29 is 4.74 Å². The molecule has 7 heteroatoms. The summed E-state index contributed by atoms with van der Waals surface area (Å²) in [5, 5.41) is 1.80. The van der Waals surface area contributed by atoms with Gasteiger partial charge in [-0.15, -0.1) is 11.3 Å². The molecule has 0 unspecified atom stereocenters. The van der Waals surface area contributed by atoms with Gasteiger partial charge in [0.1, 0.15) is 5.75 Å². The minimum absolute atomic E-state index is 0.0548. The molecule has 0 aliphatic carbocycles. The van der Waals surface area contributed by atoms with Crippen molar-refractivity contribution in [1.29, 1.82) is 0 Å². The molecule has 3 N–H and O–H groups in total. The molecule has 2 aromatic heterocycles. The summed E-state index contributed by atoms with van der Waals surface area (Å²) >= 11 is 1.57. The Morgan fingerprint density at radius 3 is 2.59 bits per heavy atom. The van der Waals surface area contributed by atoms with Gasteiger partial charge < -0.3 is 9.72 Å². The number of nitrogens with one attached hydrogen (secondary N) is 3. The van der Waals surface area contributed by atoms with E-state index in [0.29, 0.717) is 13.0 Å². The first-order valence-corrected chi connectivity index (χ1v) is 11.4. The van der Waals surface area contributed by atoms with Gasteiger partial charge >= 0.3 is 0 Å². The van der Waals surface area contributed by atoms with Gasteiger partial charge in [0.2, 0.25) is 0 Å². The smallest absolute Gasteiger partial charge is 0.251 e. The number of methoxy groups -OCH3 is 1. The average Bonchev–Trinajstić information content (AvgIpc) is 3.18. The zero-order valence-electron chi connectivity index (χ0n) is 18.8. The number of rotatable bonds is 7. The van der Waals surface area contributed by atoms with Crippen LogP contribution in [-0.2, 0) is 18.4 Å². The molecule has 0 saturated heterocycles. The number of aromatic amines is 1. The second-order valence-corrected chi connectivity index (χ2v) is 9.80. The van der Waals surface area contributed by atoms with Gasteiger partial charge in [0.25, 0.3) is 5.56 Å². The number of para-hydroxylation sites is 2. The van der Waals surface area contributed by atoms with Crippen molar-refractivity contribution in [1.82, 2.24) is 15.4 Å². The molecule has 0 fully saturated rings. The van der Waals surface area contributed by atoms with E-state index in [9.17, 15) is 4.79 Å². The fraction of sp³-hybridized carbons (Fsp3) is 0.280. The topological polar surface area (TPSA) is 79.0 Å². The van der Waals surface area contributed by atoms with Crippen LogP contribution in [0.25, 0.3) is 10.9 Å². The molecule has 0 aliphatic heterocycles. The van der Waals surface area contributed by atoms with Gasteiger partial charge in [0.05, 0.1) is 12.8 Å². The van der Waals surface area contributed by atoms with Crippen molar-refractivity contribution in [2.24, 2.45) is 0 Å². The van der Waals surface area contributed by atoms with E-state index in [4.69, 9.17) is 9.72 Å². The van der Waals surface area contributed by atoms with E-state index in [1.54, 1.807) is 18.4 Å². The Balaban J connectivity index is 1.56. The molecule has 6 nitrogen and oxygen atoms in total. The second kappa shape index (κ2) is 9.14. The molecule has 166 valence electrons. The second-order valence-electron chi connectivity index (χ2n) is 8.72. The number of ether oxygens (including phenoxy) is 1. The van der Waals surface area contributed by atoms with Crippen molar-refractivity contribution >= 4 is 27.4 Å². The van der Waals surface area contributed by atoms with Gasteiger partial charge in [0.15, 0.2) is 5.13 Å². The molecule has 0 saturated carbocycles. The fourth-order valence-electron chi connectivity index (χ4n) is 3.67. The van der Waals surface area contributed by atoms with E-state index >= 15 is 0 Å². The van der Waals surface area contributed by atoms with E-state index in [1.807, 2.05) is 54.6 Å². The molecule has 0 atom stereocenters. The van der Waals surface area contributed by atoms with Crippen molar-refractivity contribution in [2.75, 3.05) is 12.5 Å². The highest BCUT2D eigenvalue weighted by Gasteiger charge is 2.24. The zero-order chi connectivity index (χ0) is 22.7. The largest absolute Gasteiger partial charge is 0.496 e. The zero-order valence-corrected chi connectivity index (χ0v) is 19.6. The SMILES string of the molecule is COc1ccccc1CNNc1nc(C(C)(C)C)c(Cc2cc3ccccc3[nH]c2=O)s1. The predicted octanol–water partition coefficient (Wildman–Crippen LogP) is 5.00. The fourth-order valence-corrected chi connectivity index (χ4v) is 4.84. The number of hydrogen-bond acceptors (Lipinski definition) is 6. The first-order valence-electron chi connectivity index (χ1n) is 10.6. The summed E-state index contributed by atoms with van der Waals surface area (Å²) in [4.78, 5) is 21.6. The van der Waals surface area contributed by atoms with E-state index in [1.165, 1.54) is 0 Å². The van der Waals surface area contributed by atoms with Crippen molar-refractivity contribution in [3.63, 3.8) is 0 Å². The van der Waals surface area contributed by atoms with Crippen LogP contribution in [0.4, 0.5) is 5.13 Å². The Kier molecular flexibility index (Phi) is 6.30. The van der Waals surface area contributed by atoms with Gasteiger partial charge in [-0.1, -0.05) is 57.2 Å². The van der Waals surface area contributed by atoms with Crippen LogP contribution in [0.3, 0.4) is 0 Å². The molecule has 0 spiro atoms. The monoisotopic (exact) mass is 448 g/mol. The third-order valence-corrected chi connectivity index (χ3v) is 6.23. The van der Waals surface area contributed by atoms with Gasteiger partial charge in [0, 0.05) is 39.9 Å². The summed E-state index contributed by atoms with van der Waals surface area (Å²) in [5.41, 5.74) is 9.91. The summed E-state index contributed by atoms with van der Waals surface area (Å²) < 4.78 is 5.41. The molecule has 0 bridgehead atoms. The van der Waals surface area contributed by atoms with Gasteiger partial charge in [-0.3, -0.25) is 10.2 Å². The summed E-state index contributed by atoms with van der Waals surface area (Å²) in [6.07, 6.45) is 0.540. The van der Waals surface area contributed by atoms with Crippen LogP contribution in [0.1, 0.15) is 42.5 Å². The molecular formula is C25H28N4O2S. The minimum Gasteiger partial charge on any atom is -0.496 e. The average molecular weight is 449 g/mol. The molecule has 2 heterocycles. The van der Waals surface area contributed by atoms with Crippen LogP contribution < -0.4 is 21.1 Å². The lowest BCUT2D eigenvalue weighted by molar-refractivity contribution is 0.408. The molecule has 2 aromatic carbocycles. The van der Waals surface area contributed by atoms with Crippen LogP contribution in [0.2, 0.25) is 0 Å². The number of anilines is 1. The van der Waals surface area contributed by atoms with Crippen LogP contribution in [0.5, 0.6) is 5.75 Å². The van der Waals surface area contributed by atoms with Crippen molar-refractivity contribution in [3.8, 4) is 5.75 Å². The van der Waals surface area contributed by atoms with Gasteiger partial charge in [-0.25, -0.2) is 10.4 Å². The Bertz CT molecular complexity index is 1290. The Morgan fingerprint density at radius 1 is 1.06 bits per heavy atom. The summed E-state index contributed by atoms with van der Waals surface area (Å²) in [5.74, 6) is 0.840. The lowest BCUT2D eigenvalue weighted by Gasteiger charge is -2.17. The third-order valence-electron chi connectivity index (χ3n) is 5.26. The Morgan fingerprint density at radius 2 is 1.81 bits per heavy atom. The van der Waals surface area contributed by atoms with E-state index in [0.717, 1.165) is 43.5 Å². The molecule has 4 rings (SSSR count). The van der Waals surface area contributed by atoms with Crippen LogP contribution in [0.15, 0.2) is 59.4 Å². The number of benzene rings is 2. The lowest BCUT2D eigenvalue weighted by atomic mass is 9.90. The number of H-pyrrole nitrogens is 1. The highest BCUT2D eigenvalue weighted by Crippen LogP contribution is 2.33. The summed E-state index contributed by atoms with van der Waals surface area (Å²) in [6.45, 7) is 7.01. The lowest BCUT2D eigenvalue weighted by Crippen LogP contribution is -2.21. The Hall–Kier alpha value is -3.16. The third kappa shape index (κ3) is 4.84. The number of nitrogens with zero attached hydrogens (tertiary/aromatic N) is 1. The maximum atomic E-state index is 12.7. The van der Waals surface area contributed by atoms with Crippen molar-refractivity contribution in [2.45, 2.75) is 39.2 Å². The number of thiazole rings is 1. The summed E-state index contributed by atoms with van der Waals surface area (Å²) in [7, 11) is 1.67. The van der Waals surface area contributed by atoms with Crippen LogP contribution in [0, 0.1) is 0 Å². The maximum absolute atomic E-state index is 12.7. The molecular weight excluding hydrogens is 420 g/mol. The standard InChI is InChI=1S/C25H28N4O2S/c1-25(2,3)22-21(14-18-13-16-9-5-7-11-19(16)27-23(18)30)32-24(28-22)29-26-15-17-10-6-8-12-20(17)31-4/h5-13,26H,14-15H2,1-4H3,(H,27,30)(H,28,29). The number of hydrogen-bond donors (Lipinski definition) is 3. The quantitative estimate of drug-likeness (QED) is 0.347. The predicted molar refractivity (Wildman–Crippen MR) is 132 cm³/mol. The van der Waals surface area contributed by atoms with E-state index in [-0.39, 0.29) is 11.0 Å². The first kappa shape index (κ1) is 22.0. The molecule has 0 amide bonds. The molecule has 0 aliphatic rings. The minimum atomic E-state index is -0.141. The van der Waals surface area contributed by atoms with Crippen LogP contribution in [-0.4, -0.2) is 17.1 Å². The van der Waals surface area contributed by atoms with Crippen LogP contribution >= 0.6 is 11.3 Å². The van der Waals surface area contributed by atoms with Gasteiger partial charge in [-0.2, -0.15) is 0 Å². The number of aromatic nitrogens is 2. The molecule has 0 radical (unpaired) electrons. The maximum Gasteiger partial charge on any atom is 0.251 e.